The van der Waals surface area contributed by atoms with Crippen LogP contribution in [-0.4, -0.2) is 22.9 Å². The molecule has 1 heterocycles. The summed E-state index contributed by atoms with van der Waals surface area (Å²) in [5.74, 6) is 0.721. The summed E-state index contributed by atoms with van der Waals surface area (Å²) in [6.07, 6.45) is -0.133. The molecule has 31 heavy (non-hydrogen) atoms. The Hall–Kier alpha value is -4.53. The Morgan fingerprint density at radius 1 is 0.871 bits per heavy atom. The highest BCUT2D eigenvalue weighted by molar-refractivity contribution is 5.99. The van der Waals surface area contributed by atoms with Crippen LogP contribution in [0.5, 0.6) is 17.6 Å². The normalized spacial score (nSPS) is 10.4. The summed E-state index contributed by atoms with van der Waals surface area (Å²) in [4.78, 5) is 24.0. The lowest BCUT2D eigenvalue weighted by atomic mass is 10.3. The number of carbonyl (C=O) groups is 1. The van der Waals surface area contributed by atoms with Gasteiger partial charge >= 0.3 is 17.9 Å². The van der Waals surface area contributed by atoms with Gasteiger partial charge in [0.25, 0.3) is 0 Å². The number of urea groups is 1. The second-order valence-electron chi connectivity index (χ2n) is 6.32. The molecule has 2 N–H and O–H groups in total. The van der Waals surface area contributed by atoms with Gasteiger partial charge in [0.05, 0.1) is 12.8 Å². The summed E-state index contributed by atoms with van der Waals surface area (Å²) >= 11 is 0. The largest absolute Gasteiger partial charge is 0.457 e. The lowest BCUT2D eigenvalue weighted by molar-refractivity contribution is 0.262. The van der Waals surface area contributed by atoms with Crippen molar-refractivity contribution in [1.82, 2.24) is 9.78 Å². The third-order valence-electron chi connectivity index (χ3n) is 4.16. The number of nitrogens with one attached hydrogen (secondary N) is 2. The van der Waals surface area contributed by atoms with Gasteiger partial charge in [-0.1, -0.05) is 23.3 Å². The van der Waals surface area contributed by atoms with Crippen molar-refractivity contribution in [2.75, 3.05) is 17.7 Å². The van der Waals surface area contributed by atoms with Gasteiger partial charge in [-0.05, 0) is 60.7 Å². The van der Waals surface area contributed by atoms with Gasteiger partial charge in [0, 0.05) is 11.4 Å². The number of benzene rings is 3. The van der Waals surface area contributed by atoms with Gasteiger partial charge in [-0.15, -0.1) is 0 Å². The first-order valence-corrected chi connectivity index (χ1v) is 9.26. The molecule has 0 saturated carbocycles. The predicted octanol–water partition coefficient (Wildman–Crippen LogP) is 4.27. The third kappa shape index (κ3) is 4.91. The summed E-state index contributed by atoms with van der Waals surface area (Å²) < 4.78 is 16.4. The number of hydrogen-bond acceptors (Lipinski definition) is 6. The standard InChI is InChI=1S/C22H18N4O5/c1-29-21-25-26(22(28)31-21)17-11-7-15(8-12-17)23-20(27)24-16-9-13-19(14-10-16)30-18-5-3-2-4-6-18/h2-14H,1H3,(H2,23,24,27). The van der Waals surface area contributed by atoms with Crippen molar-refractivity contribution in [3.63, 3.8) is 0 Å². The van der Waals surface area contributed by atoms with E-state index < -0.39 is 11.8 Å². The Balaban J connectivity index is 1.35. The number of methoxy groups -OCH3 is 1. The molecule has 0 atom stereocenters. The fourth-order valence-corrected chi connectivity index (χ4v) is 2.72. The number of para-hydroxylation sites is 1. The highest BCUT2D eigenvalue weighted by atomic mass is 16.6. The molecular weight excluding hydrogens is 400 g/mol. The lowest BCUT2D eigenvalue weighted by Gasteiger charge is -2.09. The van der Waals surface area contributed by atoms with E-state index in [2.05, 4.69) is 15.7 Å². The van der Waals surface area contributed by atoms with E-state index in [9.17, 15) is 9.59 Å². The molecule has 156 valence electrons. The number of hydrogen-bond donors (Lipinski definition) is 2. The van der Waals surface area contributed by atoms with Crippen LogP contribution in [0.1, 0.15) is 0 Å². The van der Waals surface area contributed by atoms with Crippen molar-refractivity contribution < 1.29 is 18.7 Å². The van der Waals surface area contributed by atoms with E-state index in [0.29, 0.717) is 22.8 Å². The quantitative estimate of drug-likeness (QED) is 0.484. The maximum atomic E-state index is 12.3. The van der Waals surface area contributed by atoms with Crippen LogP contribution in [0.3, 0.4) is 0 Å². The topological polar surface area (TPSA) is 108 Å². The molecule has 4 rings (SSSR count). The molecule has 2 amide bonds. The summed E-state index contributed by atoms with van der Waals surface area (Å²) in [6.45, 7) is 0. The molecule has 0 spiro atoms. The fourth-order valence-electron chi connectivity index (χ4n) is 2.72. The van der Waals surface area contributed by atoms with Crippen LogP contribution in [0, 0.1) is 0 Å². The first kappa shape index (κ1) is 19.8. The highest BCUT2D eigenvalue weighted by Crippen LogP contribution is 2.22. The second kappa shape index (κ2) is 8.87. The van der Waals surface area contributed by atoms with Crippen LogP contribution in [0.4, 0.5) is 16.2 Å². The monoisotopic (exact) mass is 418 g/mol. The zero-order valence-electron chi connectivity index (χ0n) is 16.4. The minimum Gasteiger partial charge on any atom is -0.457 e. The maximum absolute atomic E-state index is 12.3. The van der Waals surface area contributed by atoms with E-state index in [4.69, 9.17) is 13.9 Å². The van der Waals surface area contributed by atoms with Crippen LogP contribution < -0.4 is 25.9 Å². The number of aromatic nitrogens is 2. The van der Waals surface area contributed by atoms with Gasteiger partial charge in [0.15, 0.2) is 0 Å². The van der Waals surface area contributed by atoms with Crippen molar-refractivity contribution in [3.05, 3.63) is 89.4 Å². The minimum absolute atomic E-state index is 0.133. The number of nitrogens with zero attached hydrogens (tertiary/aromatic N) is 2. The van der Waals surface area contributed by atoms with E-state index in [1.165, 1.54) is 7.11 Å². The molecule has 9 heteroatoms. The summed E-state index contributed by atoms with van der Waals surface area (Å²) in [6, 6.07) is 22.5. The van der Waals surface area contributed by atoms with E-state index in [1.54, 1.807) is 48.5 Å². The summed E-state index contributed by atoms with van der Waals surface area (Å²) in [5, 5.41) is 9.34. The Morgan fingerprint density at radius 3 is 2.03 bits per heavy atom. The van der Waals surface area contributed by atoms with E-state index in [1.807, 2.05) is 30.3 Å². The molecule has 3 aromatic carbocycles. The van der Waals surface area contributed by atoms with Crippen molar-refractivity contribution in [2.45, 2.75) is 0 Å². The molecule has 0 fully saturated rings. The van der Waals surface area contributed by atoms with Crippen molar-refractivity contribution >= 4 is 17.4 Å². The Bertz CT molecular complexity index is 1220. The van der Waals surface area contributed by atoms with Crippen LogP contribution in [-0.2, 0) is 0 Å². The van der Waals surface area contributed by atoms with Gasteiger partial charge in [0.2, 0.25) is 0 Å². The predicted molar refractivity (Wildman–Crippen MR) is 114 cm³/mol. The first-order chi connectivity index (χ1) is 15.1. The second-order valence-corrected chi connectivity index (χ2v) is 6.32. The Labute approximate surface area is 176 Å². The molecule has 0 aliphatic carbocycles. The Kier molecular flexibility index (Phi) is 5.66. The molecule has 0 aliphatic heterocycles. The average molecular weight is 418 g/mol. The number of anilines is 2. The van der Waals surface area contributed by atoms with Crippen LogP contribution in [0.25, 0.3) is 5.69 Å². The zero-order chi connectivity index (χ0) is 21.6. The molecule has 0 unspecified atom stereocenters. The van der Waals surface area contributed by atoms with E-state index in [-0.39, 0.29) is 6.08 Å². The smallest absolute Gasteiger partial charge is 0.444 e. The molecule has 4 aromatic rings. The van der Waals surface area contributed by atoms with Crippen LogP contribution in [0.2, 0.25) is 0 Å². The van der Waals surface area contributed by atoms with Gasteiger partial charge in [-0.3, -0.25) is 0 Å². The lowest BCUT2D eigenvalue weighted by Crippen LogP contribution is -2.19. The van der Waals surface area contributed by atoms with Gasteiger partial charge < -0.3 is 24.5 Å². The first-order valence-electron chi connectivity index (χ1n) is 9.26. The van der Waals surface area contributed by atoms with Crippen LogP contribution in [0.15, 0.2) is 88.1 Å². The molecule has 0 bridgehead atoms. The number of amides is 2. The van der Waals surface area contributed by atoms with Gasteiger partial charge in [-0.25, -0.2) is 9.59 Å². The minimum atomic E-state index is -0.671. The summed E-state index contributed by atoms with van der Waals surface area (Å²) in [5.41, 5.74) is 1.61. The SMILES string of the molecule is COc1nn(-c2ccc(NC(=O)Nc3ccc(Oc4ccccc4)cc3)cc2)c(=O)o1. The van der Waals surface area contributed by atoms with E-state index >= 15 is 0 Å². The molecule has 0 radical (unpaired) electrons. The molecular formula is C22H18N4O5. The Morgan fingerprint density at radius 2 is 1.45 bits per heavy atom. The third-order valence-corrected chi connectivity index (χ3v) is 4.16. The number of rotatable bonds is 6. The molecule has 1 aromatic heterocycles. The van der Waals surface area contributed by atoms with Gasteiger partial charge in [0.1, 0.15) is 11.5 Å². The van der Waals surface area contributed by atoms with Crippen molar-refractivity contribution in [1.29, 1.82) is 0 Å². The number of carbonyl (C=O) groups excluding carboxylic acids is 1. The number of ether oxygens (including phenoxy) is 2. The molecule has 0 saturated heterocycles. The highest BCUT2D eigenvalue weighted by Gasteiger charge is 2.10. The summed E-state index contributed by atoms with van der Waals surface area (Å²) in [7, 11) is 1.35. The van der Waals surface area contributed by atoms with Crippen LogP contribution >= 0.6 is 0 Å². The van der Waals surface area contributed by atoms with Crippen molar-refractivity contribution in [3.8, 4) is 23.3 Å². The zero-order valence-corrected chi connectivity index (χ0v) is 16.4. The fraction of sp³-hybridized carbons (Fsp3) is 0.0455. The van der Waals surface area contributed by atoms with Gasteiger partial charge in [-0.2, -0.15) is 4.68 Å². The molecule has 0 aliphatic rings. The molecule has 9 nitrogen and oxygen atoms in total. The average Bonchev–Trinajstić information content (AvgIpc) is 3.17. The maximum Gasteiger partial charge on any atom is 0.444 e. The van der Waals surface area contributed by atoms with Crippen molar-refractivity contribution in [2.24, 2.45) is 0 Å². The van der Waals surface area contributed by atoms with E-state index in [0.717, 1.165) is 10.4 Å².